The van der Waals surface area contributed by atoms with Crippen molar-refractivity contribution in [1.29, 1.82) is 0 Å². The molecule has 3 aromatic carbocycles. The van der Waals surface area contributed by atoms with Crippen molar-refractivity contribution < 1.29 is 19.1 Å². The number of benzene rings is 3. The summed E-state index contributed by atoms with van der Waals surface area (Å²) in [7, 11) is 0. The van der Waals surface area contributed by atoms with E-state index in [2.05, 4.69) is 10.5 Å². The Hall–Kier alpha value is -3.06. The molecule has 0 heterocycles. The molecule has 1 amide bonds. The van der Waals surface area contributed by atoms with Crippen molar-refractivity contribution in [1.82, 2.24) is 5.43 Å². The number of nitrogens with one attached hydrogen (secondary N) is 1. The van der Waals surface area contributed by atoms with E-state index in [4.69, 9.17) is 44.3 Å². The average molecular weight is 492 g/mol. The van der Waals surface area contributed by atoms with Crippen LogP contribution in [0.1, 0.15) is 22.8 Å². The minimum Gasteiger partial charge on any atom is -0.479 e. The Morgan fingerprint density at radius 3 is 2.34 bits per heavy atom. The third-order valence-electron chi connectivity index (χ3n) is 4.15. The fraction of sp³-hybridized carbons (Fsp3) is 0.0870. The fourth-order valence-corrected chi connectivity index (χ4v) is 3.08. The molecule has 3 aromatic rings. The van der Waals surface area contributed by atoms with Crippen molar-refractivity contribution in [3.63, 3.8) is 0 Å². The van der Waals surface area contributed by atoms with Gasteiger partial charge in [0.2, 0.25) is 0 Å². The number of ether oxygens (including phenoxy) is 2. The van der Waals surface area contributed by atoms with E-state index >= 15 is 0 Å². The number of hydrogen-bond acceptors (Lipinski definition) is 5. The topological polar surface area (TPSA) is 77.0 Å². The molecule has 164 valence electrons. The third kappa shape index (κ3) is 6.47. The minimum atomic E-state index is -0.871. The molecule has 9 heteroatoms. The zero-order chi connectivity index (χ0) is 23.1. The number of esters is 1. The van der Waals surface area contributed by atoms with Crippen LogP contribution < -0.4 is 14.9 Å². The molecule has 0 spiro atoms. The van der Waals surface area contributed by atoms with E-state index in [1.54, 1.807) is 67.6 Å². The van der Waals surface area contributed by atoms with Crippen molar-refractivity contribution in [2.45, 2.75) is 13.0 Å². The number of hydrogen-bond donors (Lipinski definition) is 1. The highest BCUT2D eigenvalue weighted by molar-refractivity contribution is 6.35. The first-order chi connectivity index (χ1) is 15.3. The van der Waals surface area contributed by atoms with E-state index in [9.17, 15) is 9.59 Å². The molecule has 0 aliphatic carbocycles. The van der Waals surface area contributed by atoms with Crippen molar-refractivity contribution in [3.8, 4) is 11.5 Å². The van der Waals surface area contributed by atoms with Crippen LogP contribution in [-0.2, 0) is 4.79 Å². The normalized spacial score (nSPS) is 11.8. The van der Waals surface area contributed by atoms with Crippen LogP contribution in [0, 0.1) is 0 Å². The molecule has 0 aliphatic rings. The van der Waals surface area contributed by atoms with Gasteiger partial charge in [-0.15, -0.1) is 0 Å². The molecule has 1 N–H and O–H groups in total. The molecular weight excluding hydrogens is 475 g/mol. The van der Waals surface area contributed by atoms with Crippen LogP contribution in [0.3, 0.4) is 0 Å². The van der Waals surface area contributed by atoms with Crippen molar-refractivity contribution in [3.05, 3.63) is 92.9 Å². The number of nitrogens with zero attached hydrogens (tertiary/aromatic N) is 1. The highest BCUT2D eigenvalue weighted by atomic mass is 35.5. The lowest BCUT2D eigenvalue weighted by Crippen LogP contribution is -2.33. The SMILES string of the molecule is C[C@H](Oc1ccc(Cl)cc1Cl)C(=O)N/N=C\c1ccccc1OC(=O)c1ccc(Cl)cc1. The van der Waals surface area contributed by atoms with E-state index in [-0.39, 0.29) is 10.8 Å². The third-order valence-corrected chi connectivity index (χ3v) is 4.93. The van der Waals surface area contributed by atoms with Gasteiger partial charge in [0.05, 0.1) is 16.8 Å². The van der Waals surface area contributed by atoms with Crippen LogP contribution in [0.25, 0.3) is 0 Å². The van der Waals surface area contributed by atoms with Crippen molar-refractivity contribution >= 4 is 52.9 Å². The van der Waals surface area contributed by atoms with Gasteiger partial charge in [-0.2, -0.15) is 5.10 Å². The number of hydrazone groups is 1. The van der Waals surface area contributed by atoms with E-state index in [0.717, 1.165) is 0 Å². The van der Waals surface area contributed by atoms with Crippen LogP contribution in [-0.4, -0.2) is 24.2 Å². The molecule has 6 nitrogen and oxygen atoms in total. The second-order valence-electron chi connectivity index (χ2n) is 6.50. The van der Waals surface area contributed by atoms with Crippen molar-refractivity contribution in [2.75, 3.05) is 0 Å². The lowest BCUT2D eigenvalue weighted by molar-refractivity contribution is -0.127. The molecule has 3 rings (SSSR count). The second kappa shape index (κ2) is 11.0. The molecule has 0 aromatic heterocycles. The highest BCUT2D eigenvalue weighted by Gasteiger charge is 2.16. The number of halogens is 3. The first-order valence-electron chi connectivity index (χ1n) is 9.35. The standard InChI is InChI=1S/C23H17Cl3N2O4/c1-14(31-21-11-10-18(25)12-19(21)26)22(29)28-27-13-16-4-2-3-5-20(16)32-23(30)15-6-8-17(24)9-7-15/h2-14H,1H3,(H,28,29)/b27-13-/t14-/m0/s1. The van der Waals surface area contributed by atoms with Gasteiger partial charge in [-0.25, -0.2) is 10.2 Å². The predicted molar refractivity (Wildman–Crippen MR) is 125 cm³/mol. The number of para-hydroxylation sites is 1. The second-order valence-corrected chi connectivity index (χ2v) is 7.78. The van der Waals surface area contributed by atoms with E-state index in [1.165, 1.54) is 12.3 Å². The Labute approximate surface area is 199 Å². The summed E-state index contributed by atoms with van der Waals surface area (Å²) in [6.45, 7) is 1.55. The molecule has 0 radical (unpaired) electrons. The van der Waals surface area contributed by atoms with E-state index in [0.29, 0.717) is 26.9 Å². The molecule has 0 bridgehead atoms. The Balaban J connectivity index is 1.62. The smallest absolute Gasteiger partial charge is 0.343 e. The maximum absolute atomic E-state index is 12.4. The van der Waals surface area contributed by atoms with Gasteiger partial charge in [0.1, 0.15) is 11.5 Å². The van der Waals surface area contributed by atoms with Gasteiger partial charge >= 0.3 is 5.97 Å². The van der Waals surface area contributed by atoms with Gasteiger partial charge in [-0.05, 0) is 61.5 Å². The number of amides is 1. The van der Waals surface area contributed by atoms with E-state index < -0.39 is 18.0 Å². The first kappa shape index (κ1) is 23.6. The van der Waals surface area contributed by atoms with Crippen LogP contribution >= 0.6 is 34.8 Å². The number of carbonyl (C=O) groups is 2. The molecule has 0 saturated carbocycles. The Kier molecular flexibility index (Phi) is 8.11. The summed E-state index contributed by atoms with van der Waals surface area (Å²) in [6.07, 6.45) is 0.494. The van der Waals surface area contributed by atoms with Crippen LogP contribution in [0.5, 0.6) is 11.5 Å². The Morgan fingerprint density at radius 1 is 0.938 bits per heavy atom. The number of rotatable bonds is 7. The molecule has 0 saturated heterocycles. The summed E-state index contributed by atoms with van der Waals surface area (Å²) in [4.78, 5) is 24.6. The Morgan fingerprint density at radius 2 is 1.62 bits per heavy atom. The van der Waals surface area contributed by atoms with Crippen LogP contribution in [0.4, 0.5) is 0 Å². The Bertz CT molecular complexity index is 1150. The number of carbonyl (C=O) groups excluding carboxylic acids is 2. The molecule has 0 fully saturated rings. The maximum atomic E-state index is 12.4. The quantitative estimate of drug-likeness (QED) is 0.197. The summed E-state index contributed by atoms with van der Waals surface area (Å²) in [5, 5.41) is 5.19. The van der Waals surface area contributed by atoms with Crippen LogP contribution in [0.15, 0.2) is 71.8 Å². The largest absolute Gasteiger partial charge is 0.479 e. The van der Waals surface area contributed by atoms with Gasteiger partial charge < -0.3 is 9.47 Å². The molecule has 0 aliphatic heterocycles. The maximum Gasteiger partial charge on any atom is 0.343 e. The zero-order valence-corrected chi connectivity index (χ0v) is 19.0. The molecular formula is C23H17Cl3N2O4. The van der Waals surface area contributed by atoms with Gasteiger partial charge in [0, 0.05) is 15.6 Å². The molecule has 0 unspecified atom stereocenters. The summed E-state index contributed by atoms with van der Waals surface area (Å²) >= 11 is 17.7. The monoisotopic (exact) mass is 490 g/mol. The lowest BCUT2D eigenvalue weighted by atomic mass is 10.2. The van der Waals surface area contributed by atoms with Gasteiger partial charge in [-0.3, -0.25) is 4.79 Å². The average Bonchev–Trinajstić information content (AvgIpc) is 2.77. The summed E-state index contributed by atoms with van der Waals surface area (Å²) in [6, 6.07) is 17.8. The predicted octanol–water partition coefficient (Wildman–Crippen LogP) is 5.78. The summed E-state index contributed by atoms with van der Waals surface area (Å²) < 4.78 is 11.0. The highest BCUT2D eigenvalue weighted by Crippen LogP contribution is 2.28. The van der Waals surface area contributed by atoms with Gasteiger partial charge in [0.25, 0.3) is 5.91 Å². The zero-order valence-electron chi connectivity index (χ0n) is 16.7. The van der Waals surface area contributed by atoms with Crippen LogP contribution in [0.2, 0.25) is 15.1 Å². The van der Waals surface area contributed by atoms with E-state index in [1.807, 2.05) is 0 Å². The lowest BCUT2D eigenvalue weighted by Gasteiger charge is -2.14. The molecule has 32 heavy (non-hydrogen) atoms. The van der Waals surface area contributed by atoms with Gasteiger partial charge in [0.15, 0.2) is 6.10 Å². The van der Waals surface area contributed by atoms with Gasteiger partial charge in [-0.1, -0.05) is 46.9 Å². The van der Waals surface area contributed by atoms with Crippen molar-refractivity contribution in [2.24, 2.45) is 5.10 Å². The minimum absolute atomic E-state index is 0.280. The summed E-state index contributed by atoms with van der Waals surface area (Å²) in [5.74, 6) is -0.443. The first-order valence-corrected chi connectivity index (χ1v) is 10.5. The summed E-state index contributed by atoms with van der Waals surface area (Å²) in [5.41, 5.74) is 3.22. The fourth-order valence-electron chi connectivity index (χ4n) is 2.50. The molecule has 1 atom stereocenters.